The van der Waals surface area contributed by atoms with Crippen LogP contribution in [-0.2, 0) is 11.3 Å². The van der Waals surface area contributed by atoms with Crippen molar-refractivity contribution >= 4 is 29.3 Å². The highest BCUT2D eigenvalue weighted by Crippen LogP contribution is 2.40. The van der Waals surface area contributed by atoms with E-state index in [0.29, 0.717) is 6.54 Å². The standard InChI is InChI=1S/C23H29ClN2O2S/c1-3-4-12-25(16-18-8-7-9-19(15-18)28-2)17-22(27)26-13-14-29-23(26)20-10-5-6-11-21(20)24/h5-11,15,23H,3-4,12-14,16-17H2,1-2H3/t23-/m0/s1. The summed E-state index contributed by atoms with van der Waals surface area (Å²) in [6, 6.07) is 15.9. The number of nitrogens with zero attached hydrogens (tertiary/aromatic N) is 2. The highest BCUT2D eigenvalue weighted by Gasteiger charge is 2.32. The van der Waals surface area contributed by atoms with Crippen molar-refractivity contribution in [3.8, 4) is 5.75 Å². The van der Waals surface area contributed by atoms with E-state index in [-0.39, 0.29) is 11.3 Å². The summed E-state index contributed by atoms with van der Waals surface area (Å²) >= 11 is 8.20. The average molecular weight is 433 g/mol. The number of halogens is 1. The lowest BCUT2D eigenvalue weighted by atomic mass is 10.1. The van der Waals surface area contributed by atoms with E-state index in [2.05, 4.69) is 17.9 Å². The first kappa shape index (κ1) is 22.0. The van der Waals surface area contributed by atoms with Crippen molar-refractivity contribution in [2.75, 3.05) is 32.5 Å². The second-order valence-corrected chi connectivity index (χ2v) is 8.84. The van der Waals surface area contributed by atoms with Gasteiger partial charge in [0, 0.05) is 29.4 Å². The van der Waals surface area contributed by atoms with Gasteiger partial charge in [-0.1, -0.05) is 55.3 Å². The SMILES string of the molecule is CCCCN(CC(=O)N1CCS[C@H]1c1ccccc1Cl)Cc1cccc(OC)c1. The van der Waals surface area contributed by atoms with Gasteiger partial charge in [-0.2, -0.15) is 0 Å². The van der Waals surface area contributed by atoms with Gasteiger partial charge in [0.25, 0.3) is 0 Å². The maximum absolute atomic E-state index is 13.2. The summed E-state index contributed by atoms with van der Waals surface area (Å²) in [4.78, 5) is 17.5. The molecule has 0 saturated carbocycles. The topological polar surface area (TPSA) is 32.8 Å². The molecule has 0 N–H and O–H groups in total. The monoisotopic (exact) mass is 432 g/mol. The smallest absolute Gasteiger partial charge is 0.237 e. The molecule has 0 radical (unpaired) electrons. The van der Waals surface area contributed by atoms with Gasteiger partial charge in [-0.25, -0.2) is 0 Å². The van der Waals surface area contributed by atoms with Gasteiger partial charge in [-0.05, 0) is 36.7 Å². The molecular weight excluding hydrogens is 404 g/mol. The van der Waals surface area contributed by atoms with Gasteiger partial charge >= 0.3 is 0 Å². The van der Waals surface area contributed by atoms with Crippen LogP contribution in [0.2, 0.25) is 5.02 Å². The first-order valence-electron chi connectivity index (χ1n) is 10.1. The van der Waals surface area contributed by atoms with Crippen LogP contribution in [0.25, 0.3) is 0 Å². The Bertz CT molecular complexity index is 817. The summed E-state index contributed by atoms with van der Waals surface area (Å²) < 4.78 is 5.35. The number of hydrogen-bond donors (Lipinski definition) is 0. The number of amides is 1. The lowest BCUT2D eigenvalue weighted by Gasteiger charge is -2.29. The van der Waals surface area contributed by atoms with Gasteiger partial charge in [0.05, 0.1) is 13.7 Å². The lowest BCUT2D eigenvalue weighted by Crippen LogP contribution is -2.40. The minimum atomic E-state index is 0.000967. The molecule has 3 rings (SSSR count). The van der Waals surface area contributed by atoms with Crippen LogP contribution in [0.3, 0.4) is 0 Å². The number of ether oxygens (including phenoxy) is 1. The minimum absolute atomic E-state index is 0.000967. The largest absolute Gasteiger partial charge is 0.497 e. The molecule has 6 heteroatoms. The molecule has 0 aliphatic carbocycles. The van der Waals surface area contributed by atoms with Gasteiger partial charge in [0.15, 0.2) is 0 Å². The van der Waals surface area contributed by atoms with Gasteiger partial charge in [-0.3, -0.25) is 9.69 Å². The third-order valence-corrected chi connectivity index (χ3v) is 6.70. The third-order valence-electron chi connectivity index (χ3n) is 5.11. The van der Waals surface area contributed by atoms with E-state index in [0.717, 1.165) is 60.1 Å². The lowest BCUT2D eigenvalue weighted by molar-refractivity contribution is -0.132. The summed E-state index contributed by atoms with van der Waals surface area (Å²) in [5.74, 6) is 1.95. The Morgan fingerprint density at radius 3 is 2.86 bits per heavy atom. The molecular formula is C23H29ClN2O2S. The molecule has 1 fully saturated rings. The zero-order valence-electron chi connectivity index (χ0n) is 17.1. The molecule has 0 unspecified atom stereocenters. The first-order chi connectivity index (χ1) is 14.1. The van der Waals surface area contributed by atoms with Gasteiger partial charge in [0.2, 0.25) is 5.91 Å². The maximum Gasteiger partial charge on any atom is 0.237 e. The van der Waals surface area contributed by atoms with Crippen LogP contribution in [0.15, 0.2) is 48.5 Å². The highest BCUT2D eigenvalue weighted by atomic mass is 35.5. The van der Waals surface area contributed by atoms with Gasteiger partial charge in [0.1, 0.15) is 11.1 Å². The number of methoxy groups -OCH3 is 1. The molecule has 0 bridgehead atoms. The molecule has 1 aliphatic rings. The predicted octanol–water partition coefficient (Wildman–Crippen LogP) is 5.22. The Hall–Kier alpha value is -1.69. The molecule has 2 aromatic carbocycles. The Kier molecular flexibility index (Phi) is 8.28. The zero-order valence-corrected chi connectivity index (χ0v) is 18.7. The van der Waals surface area contributed by atoms with Crippen LogP contribution < -0.4 is 4.74 Å². The van der Waals surface area contributed by atoms with E-state index in [1.165, 1.54) is 0 Å². The minimum Gasteiger partial charge on any atom is -0.497 e. The van der Waals surface area contributed by atoms with E-state index in [4.69, 9.17) is 16.3 Å². The van der Waals surface area contributed by atoms with E-state index in [1.54, 1.807) is 18.9 Å². The summed E-state index contributed by atoms with van der Waals surface area (Å²) in [7, 11) is 1.68. The van der Waals surface area contributed by atoms with E-state index in [1.807, 2.05) is 47.4 Å². The molecule has 1 saturated heterocycles. The van der Waals surface area contributed by atoms with Crippen molar-refractivity contribution < 1.29 is 9.53 Å². The molecule has 156 valence electrons. The number of hydrogen-bond acceptors (Lipinski definition) is 4. The molecule has 1 amide bonds. The average Bonchev–Trinajstić information content (AvgIpc) is 3.22. The number of carbonyl (C=O) groups excluding carboxylic acids is 1. The molecule has 1 aliphatic heterocycles. The van der Waals surface area contributed by atoms with Crippen molar-refractivity contribution in [3.05, 3.63) is 64.7 Å². The van der Waals surface area contributed by atoms with E-state index < -0.39 is 0 Å². The summed E-state index contributed by atoms with van der Waals surface area (Å²) in [5, 5.41) is 0.727. The Labute approximate surface area is 183 Å². The fourth-order valence-electron chi connectivity index (χ4n) is 3.57. The van der Waals surface area contributed by atoms with Crippen molar-refractivity contribution in [3.63, 3.8) is 0 Å². The van der Waals surface area contributed by atoms with Crippen LogP contribution in [0, 0.1) is 0 Å². The zero-order chi connectivity index (χ0) is 20.6. The fraction of sp³-hybridized carbons (Fsp3) is 0.435. The van der Waals surface area contributed by atoms with Crippen LogP contribution in [-0.4, -0.2) is 48.2 Å². The first-order valence-corrected chi connectivity index (χ1v) is 11.6. The van der Waals surface area contributed by atoms with E-state index in [9.17, 15) is 4.79 Å². The Morgan fingerprint density at radius 1 is 1.28 bits per heavy atom. The second-order valence-electron chi connectivity index (χ2n) is 7.25. The summed E-state index contributed by atoms with van der Waals surface area (Å²) in [6.45, 7) is 4.99. The van der Waals surface area contributed by atoms with Gasteiger partial charge < -0.3 is 9.64 Å². The van der Waals surface area contributed by atoms with Crippen LogP contribution in [0.1, 0.15) is 36.3 Å². The summed E-state index contributed by atoms with van der Waals surface area (Å²) in [5.41, 5.74) is 2.18. The van der Waals surface area contributed by atoms with Crippen molar-refractivity contribution in [2.24, 2.45) is 0 Å². The normalized spacial score (nSPS) is 16.4. The van der Waals surface area contributed by atoms with Crippen LogP contribution in [0.4, 0.5) is 0 Å². The van der Waals surface area contributed by atoms with Crippen molar-refractivity contribution in [2.45, 2.75) is 31.7 Å². The Morgan fingerprint density at radius 2 is 2.10 bits per heavy atom. The molecule has 29 heavy (non-hydrogen) atoms. The molecule has 0 spiro atoms. The summed E-state index contributed by atoms with van der Waals surface area (Å²) in [6.07, 6.45) is 2.17. The number of carbonyl (C=O) groups is 1. The molecule has 0 aromatic heterocycles. The second kappa shape index (κ2) is 10.9. The predicted molar refractivity (Wildman–Crippen MR) is 122 cm³/mol. The molecule has 1 heterocycles. The van der Waals surface area contributed by atoms with Crippen molar-refractivity contribution in [1.29, 1.82) is 0 Å². The van der Waals surface area contributed by atoms with Crippen molar-refractivity contribution in [1.82, 2.24) is 9.80 Å². The quantitative estimate of drug-likeness (QED) is 0.543. The number of rotatable bonds is 9. The maximum atomic E-state index is 13.2. The van der Waals surface area contributed by atoms with E-state index >= 15 is 0 Å². The molecule has 1 atom stereocenters. The highest BCUT2D eigenvalue weighted by molar-refractivity contribution is 7.99. The van der Waals surface area contributed by atoms with Crippen LogP contribution in [0.5, 0.6) is 5.75 Å². The number of unbranched alkanes of at least 4 members (excludes halogenated alkanes) is 1. The van der Waals surface area contributed by atoms with Gasteiger partial charge in [-0.15, -0.1) is 11.8 Å². The van der Waals surface area contributed by atoms with Crippen LogP contribution >= 0.6 is 23.4 Å². The Balaban J connectivity index is 1.70. The fourth-order valence-corrected chi connectivity index (χ4v) is 5.18. The number of thioether (sulfide) groups is 1. The molecule has 4 nitrogen and oxygen atoms in total. The third kappa shape index (κ3) is 5.91. The number of benzene rings is 2. The molecule has 2 aromatic rings.